The third-order valence-corrected chi connectivity index (χ3v) is 4.99. The van der Waals surface area contributed by atoms with Crippen LogP contribution in [0.2, 0.25) is 0 Å². The predicted molar refractivity (Wildman–Crippen MR) is 86.9 cm³/mol. The Balaban J connectivity index is 1.52. The Hall–Kier alpha value is -1.50. The molecule has 1 fully saturated rings. The van der Waals surface area contributed by atoms with E-state index < -0.39 is 0 Å². The van der Waals surface area contributed by atoms with Crippen LogP contribution in [0.5, 0.6) is 0 Å². The van der Waals surface area contributed by atoms with Crippen molar-refractivity contribution in [3.05, 3.63) is 29.8 Å². The first-order chi connectivity index (χ1) is 11.2. The molecule has 1 aromatic heterocycles. The van der Waals surface area contributed by atoms with E-state index in [1.165, 1.54) is 25.0 Å². The minimum atomic E-state index is -0.241. The van der Waals surface area contributed by atoms with Gasteiger partial charge in [-0.15, -0.1) is 0 Å². The van der Waals surface area contributed by atoms with Crippen LogP contribution in [0, 0.1) is 5.82 Å². The van der Waals surface area contributed by atoms with E-state index in [1.54, 1.807) is 0 Å². The van der Waals surface area contributed by atoms with Crippen molar-refractivity contribution in [2.75, 3.05) is 33.3 Å². The van der Waals surface area contributed by atoms with Gasteiger partial charge in [0.25, 0.3) is 0 Å². The van der Waals surface area contributed by atoms with Crippen molar-refractivity contribution in [3.8, 4) is 0 Å². The fourth-order valence-electron chi connectivity index (χ4n) is 3.66. The molecule has 0 radical (unpaired) electrons. The van der Waals surface area contributed by atoms with E-state index in [4.69, 9.17) is 4.74 Å². The van der Waals surface area contributed by atoms with Crippen molar-refractivity contribution in [3.63, 3.8) is 0 Å². The molecule has 1 aromatic carbocycles. The fraction of sp³-hybridized carbons (Fsp3) is 0.588. The second-order valence-electron chi connectivity index (χ2n) is 6.69. The Morgan fingerprint density at radius 2 is 2.17 bits per heavy atom. The number of rotatable bonds is 3. The van der Waals surface area contributed by atoms with Crippen LogP contribution in [-0.2, 0) is 11.3 Å². The molecule has 1 unspecified atom stereocenters. The molecule has 124 valence electrons. The molecule has 0 saturated carbocycles. The quantitative estimate of drug-likeness (QED) is 0.939. The summed E-state index contributed by atoms with van der Waals surface area (Å²) in [7, 11) is 2.17. The van der Waals surface area contributed by atoms with Gasteiger partial charge in [-0.05, 0) is 45.1 Å². The molecule has 5 nitrogen and oxygen atoms in total. The summed E-state index contributed by atoms with van der Waals surface area (Å²) in [6.07, 6.45) is 2.37. The highest BCUT2D eigenvalue weighted by molar-refractivity contribution is 5.76. The number of likely N-dealkylation sites (tertiary alicyclic amines) is 1. The smallest absolute Gasteiger partial charge is 0.136 e. The van der Waals surface area contributed by atoms with Crippen molar-refractivity contribution in [1.29, 1.82) is 0 Å². The number of benzene rings is 1. The standard InChI is InChI=1S/C17H23FN4O/c1-21-6-4-13(5-7-21)19-9-14-10-23-11-17-20-15-8-12(18)2-3-16(15)22(14)17/h2-3,8,13-14,19H,4-7,9-11H2,1H3. The highest BCUT2D eigenvalue weighted by Crippen LogP contribution is 2.26. The average Bonchev–Trinajstić information content (AvgIpc) is 2.92. The molecule has 3 heterocycles. The predicted octanol–water partition coefficient (Wildman–Crippen LogP) is 1.93. The molecule has 1 saturated heterocycles. The van der Waals surface area contributed by atoms with Gasteiger partial charge in [-0.1, -0.05) is 0 Å². The van der Waals surface area contributed by atoms with E-state index in [0.29, 0.717) is 19.3 Å². The van der Waals surface area contributed by atoms with Crippen LogP contribution in [0.15, 0.2) is 18.2 Å². The SMILES string of the molecule is CN1CCC(NCC2COCc3nc4cc(F)ccc4n32)CC1. The Morgan fingerprint density at radius 3 is 3.00 bits per heavy atom. The average molecular weight is 318 g/mol. The van der Waals surface area contributed by atoms with Crippen molar-refractivity contribution < 1.29 is 9.13 Å². The number of nitrogens with zero attached hydrogens (tertiary/aromatic N) is 3. The van der Waals surface area contributed by atoms with Crippen LogP contribution >= 0.6 is 0 Å². The maximum Gasteiger partial charge on any atom is 0.136 e. The topological polar surface area (TPSA) is 42.3 Å². The summed E-state index contributed by atoms with van der Waals surface area (Å²) in [6.45, 7) is 4.34. The summed E-state index contributed by atoms with van der Waals surface area (Å²) in [5.41, 5.74) is 1.72. The van der Waals surface area contributed by atoms with Crippen LogP contribution in [0.3, 0.4) is 0 Å². The molecule has 0 aliphatic carbocycles. The van der Waals surface area contributed by atoms with Crippen LogP contribution in [-0.4, -0.2) is 53.8 Å². The summed E-state index contributed by atoms with van der Waals surface area (Å²) in [5, 5.41) is 3.69. The largest absolute Gasteiger partial charge is 0.371 e. The van der Waals surface area contributed by atoms with Crippen LogP contribution in [0.1, 0.15) is 24.7 Å². The van der Waals surface area contributed by atoms with Gasteiger partial charge in [0.1, 0.15) is 18.2 Å². The van der Waals surface area contributed by atoms with Gasteiger partial charge in [-0.3, -0.25) is 0 Å². The van der Waals surface area contributed by atoms with Gasteiger partial charge in [-0.25, -0.2) is 9.37 Å². The Labute approximate surface area is 135 Å². The lowest BCUT2D eigenvalue weighted by Crippen LogP contribution is -2.44. The first kappa shape index (κ1) is 15.1. The number of hydrogen-bond donors (Lipinski definition) is 1. The number of piperidine rings is 1. The van der Waals surface area contributed by atoms with E-state index in [1.807, 2.05) is 6.07 Å². The van der Waals surface area contributed by atoms with E-state index >= 15 is 0 Å². The molecular formula is C17H23FN4O. The molecule has 0 amide bonds. The monoisotopic (exact) mass is 318 g/mol. The van der Waals surface area contributed by atoms with Gasteiger partial charge in [-0.2, -0.15) is 0 Å². The third-order valence-electron chi connectivity index (χ3n) is 4.99. The van der Waals surface area contributed by atoms with Crippen LogP contribution < -0.4 is 5.32 Å². The molecule has 6 heteroatoms. The molecule has 2 aliphatic heterocycles. The zero-order valence-electron chi connectivity index (χ0n) is 13.5. The zero-order valence-corrected chi connectivity index (χ0v) is 13.5. The molecule has 4 rings (SSSR count). The molecule has 0 bridgehead atoms. The second kappa shape index (κ2) is 6.19. The highest BCUT2D eigenvalue weighted by Gasteiger charge is 2.25. The van der Waals surface area contributed by atoms with Gasteiger partial charge in [0.15, 0.2) is 0 Å². The Morgan fingerprint density at radius 1 is 1.35 bits per heavy atom. The Kier molecular flexibility index (Phi) is 4.05. The molecule has 2 aromatic rings. The number of aromatic nitrogens is 2. The van der Waals surface area contributed by atoms with Crippen molar-refractivity contribution in [1.82, 2.24) is 19.8 Å². The lowest BCUT2D eigenvalue weighted by atomic mass is 10.1. The zero-order chi connectivity index (χ0) is 15.8. The molecule has 2 aliphatic rings. The highest BCUT2D eigenvalue weighted by atomic mass is 19.1. The van der Waals surface area contributed by atoms with E-state index in [0.717, 1.165) is 36.5 Å². The normalized spacial score (nSPS) is 23.3. The van der Waals surface area contributed by atoms with Crippen molar-refractivity contribution in [2.45, 2.75) is 31.5 Å². The number of fused-ring (bicyclic) bond motifs is 3. The second-order valence-corrected chi connectivity index (χ2v) is 6.69. The summed E-state index contributed by atoms with van der Waals surface area (Å²) in [6, 6.07) is 5.63. The molecule has 0 spiro atoms. The molecule has 1 atom stereocenters. The van der Waals surface area contributed by atoms with Gasteiger partial charge in [0.2, 0.25) is 0 Å². The van der Waals surface area contributed by atoms with Crippen LogP contribution in [0.25, 0.3) is 11.0 Å². The van der Waals surface area contributed by atoms with Crippen molar-refractivity contribution >= 4 is 11.0 Å². The molecular weight excluding hydrogens is 295 g/mol. The first-order valence-electron chi connectivity index (χ1n) is 8.37. The van der Waals surface area contributed by atoms with E-state index in [9.17, 15) is 4.39 Å². The number of ether oxygens (including phenoxy) is 1. The summed E-state index contributed by atoms with van der Waals surface area (Å²) >= 11 is 0. The van der Waals surface area contributed by atoms with E-state index in [-0.39, 0.29) is 11.9 Å². The Bertz CT molecular complexity index is 693. The lowest BCUT2D eigenvalue weighted by Gasteiger charge is -2.32. The van der Waals surface area contributed by atoms with Gasteiger partial charge < -0.3 is 19.5 Å². The number of halogens is 1. The minimum Gasteiger partial charge on any atom is -0.371 e. The third kappa shape index (κ3) is 2.98. The van der Waals surface area contributed by atoms with Crippen molar-refractivity contribution in [2.24, 2.45) is 0 Å². The maximum atomic E-state index is 13.4. The summed E-state index contributed by atoms with van der Waals surface area (Å²) in [5.74, 6) is 0.655. The summed E-state index contributed by atoms with van der Waals surface area (Å²) in [4.78, 5) is 6.91. The van der Waals surface area contributed by atoms with E-state index in [2.05, 4.69) is 26.8 Å². The molecule has 1 N–H and O–H groups in total. The first-order valence-corrected chi connectivity index (χ1v) is 8.37. The molecule has 23 heavy (non-hydrogen) atoms. The number of hydrogen-bond acceptors (Lipinski definition) is 4. The van der Waals surface area contributed by atoms with Gasteiger partial charge >= 0.3 is 0 Å². The summed E-state index contributed by atoms with van der Waals surface area (Å²) < 4.78 is 21.3. The fourth-order valence-corrected chi connectivity index (χ4v) is 3.66. The maximum absolute atomic E-state index is 13.4. The number of imidazole rings is 1. The van der Waals surface area contributed by atoms with Gasteiger partial charge in [0.05, 0.1) is 23.7 Å². The number of nitrogens with one attached hydrogen (secondary N) is 1. The lowest BCUT2D eigenvalue weighted by molar-refractivity contribution is 0.0547. The minimum absolute atomic E-state index is 0.217. The van der Waals surface area contributed by atoms with Gasteiger partial charge in [0, 0.05) is 18.7 Å². The van der Waals surface area contributed by atoms with Crippen LogP contribution in [0.4, 0.5) is 4.39 Å².